The van der Waals surface area contributed by atoms with Crippen molar-refractivity contribution in [1.29, 1.82) is 0 Å². The van der Waals surface area contributed by atoms with Crippen LogP contribution in [0.2, 0.25) is 0 Å². The van der Waals surface area contributed by atoms with Gasteiger partial charge < -0.3 is 10.2 Å². The maximum atomic E-state index is 5.02. The molecular formula is C8H16N2S. The minimum Gasteiger partial charge on any atom is -0.366 e. The third-order valence-electron chi connectivity index (χ3n) is 1.52. The molecule has 0 spiro atoms. The highest BCUT2D eigenvalue weighted by Gasteiger charge is 2.03. The van der Waals surface area contributed by atoms with Gasteiger partial charge in [-0.05, 0) is 18.1 Å². The van der Waals surface area contributed by atoms with Gasteiger partial charge >= 0.3 is 0 Å². The van der Waals surface area contributed by atoms with Crippen LogP contribution in [0.1, 0.15) is 6.92 Å². The summed E-state index contributed by atoms with van der Waals surface area (Å²) in [7, 11) is 3.80. The zero-order valence-corrected chi connectivity index (χ0v) is 8.24. The second-order valence-electron chi connectivity index (χ2n) is 2.65. The van der Waals surface area contributed by atoms with E-state index in [1.54, 1.807) is 0 Å². The van der Waals surface area contributed by atoms with Crippen LogP contribution in [0.15, 0.2) is 12.7 Å². The summed E-state index contributed by atoms with van der Waals surface area (Å²) in [4.78, 5) is 2.00. The van der Waals surface area contributed by atoms with Crippen LogP contribution >= 0.6 is 12.2 Å². The first-order chi connectivity index (χ1) is 5.11. The molecule has 0 aromatic heterocycles. The molecule has 0 aliphatic rings. The van der Waals surface area contributed by atoms with Crippen LogP contribution in [0.3, 0.4) is 0 Å². The van der Waals surface area contributed by atoms with Gasteiger partial charge in [0.1, 0.15) is 0 Å². The van der Waals surface area contributed by atoms with Crippen LogP contribution in [-0.4, -0.2) is 30.7 Å². The third-order valence-corrected chi connectivity index (χ3v) is 2.04. The van der Waals surface area contributed by atoms with Gasteiger partial charge in [0.25, 0.3) is 0 Å². The topological polar surface area (TPSA) is 15.3 Å². The molecular weight excluding hydrogens is 156 g/mol. The fraction of sp³-hybridized carbons (Fsp3) is 0.625. The van der Waals surface area contributed by atoms with E-state index in [1.807, 2.05) is 25.1 Å². The van der Waals surface area contributed by atoms with E-state index in [1.165, 1.54) is 0 Å². The van der Waals surface area contributed by atoms with Crippen molar-refractivity contribution in [2.75, 3.05) is 20.6 Å². The van der Waals surface area contributed by atoms with E-state index >= 15 is 0 Å². The predicted molar refractivity (Wildman–Crippen MR) is 53.6 cm³/mol. The highest BCUT2D eigenvalue weighted by atomic mass is 32.1. The zero-order valence-electron chi connectivity index (χ0n) is 7.42. The largest absolute Gasteiger partial charge is 0.366 e. The quantitative estimate of drug-likeness (QED) is 0.509. The molecule has 1 atom stereocenters. The molecule has 0 radical (unpaired) electrons. The van der Waals surface area contributed by atoms with Gasteiger partial charge in [-0.15, -0.1) is 6.58 Å². The van der Waals surface area contributed by atoms with E-state index in [2.05, 4.69) is 18.8 Å². The Bertz CT molecular complexity index is 145. The second-order valence-corrected chi connectivity index (χ2v) is 3.04. The average Bonchev–Trinajstić information content (AvgIpc) is 2.02. The molecule has 64 valence electrons. The molecule has 0 fully saturated rings. The van der Waals surface area contributed by atoms with Gasteiger partial charge in [0, 0.05) is 20.6 Å². The van der Waals surface area contributed by atoms with Crippen LogP contribution < -0.4 is 5.32 Å². The number of nitrogens with one attached hydrogen (secondary N) is 1. The van der Waals surface area contributed by atoms with Crippen LogP contribution in [0.25, 0.3) is 0 Å². The summed E-state index contributed by atoms with van der Waals surface area (Å²) in [5, 5.41) is 3.69. The first-order valence-corrected chi connectivity index (χ1v) is 4.08. The summed E-state index contributed by atoms with van der Waals surface area (Å²) >= 11 is 5.02. The predicted octanol–water partition coefficient (Wildman–Crippen LogP) is 1.24. The molecule has 0 saturated carbocycles. The van der Waals surface area contributed by atoms with Gasteiger partial charge in [0.05, 0.1) is 0 Å². The minimum absolute atomic E-state index is 0.478. The number of rotatable bonds is 3. The lowest BCUT2D eigenvalue weighted by Gasteiger charge is -2.21. The van der Waals surface area contributed by atoms with E-state index in [4.69, 9.17) is 12.2 Å². The number of thiocarbonyl (C=S) groups is 1. The monoisotopic (exact) mass is 172 g/mol. The van der Waals surface area contributed by atoms with Gasteiger partial charge in [-0.2, -0.15) is 0 Å². The Morgan fingerprint density at radius 2 is 2.36 bits per heavy atom. The summed E-state index contributed by atoms with van der Waals surface area (Å²) < 4.78 is 0. The number of hydrogen-bond donors (Lipinski definition) is 1. The van der Waals surface area contributed by atoms with E-state index in [0.717, 1.165) is 11.7 Å². The van der Waals surface area contributed by atoms with Crippen LogP contribution in [0.5, 0.6) is 0 Å². The average molecular weight is 172 g/mol. The van der Waals surface area contributed by atoms with Gasteiger partial charge in [0.2, 0.25) is 0 Å². The molecule has 0 amide bonds. The van der Waals surface area contributed by atoms with E-state index in [0.29, 0.717) is 5.92 Å². The maximum Gasteiger partial charge on any atom is 0.168 e. The second kappa shape index (κ2) is 5.13. The molecule has 0 aromatic rings. The Balaban J connectivity index is 3.76. The normalized spacial score (nSPS) is 11.9. The van der Waals surface area contributed by atoms with Gasteiger partial charge in [-0.25, -0.2) is 0 Å². The molecule has 1 unspecified atom stereocenters. The van der Waals surface area contributed by atoms with Crippen molar-refractivity contribution in [3.63, 3.8) is 0 Å². The van der Waals surface area contributed by atoms with Crippen molar-refractivity contribution in [3.8, 4) is 0 Å². The first kappa shape index (κ1) is 10.4. The molecule has 3 heteroatoms. The van der Waals surface area contributed by atoms with Gasteiger partial charge in [0.15, 0.2) is 5.11 Å². The first-order valence-electron chi connectivity index (χ1n) is 3.67. The van der Waals surface area contributed by atoms with E-state index in [9.17, 15) is 0 Å². The molecule has 0 aliphatic heterocycles. The third kappa shape index (κ3) is 3.98. The fourth-order valence-corrected chi connectivity index (χ4v) is 0.855. The Kier molecular flexibility index (Phi) is 4.86. The minimum atomic E-state index is 0.478. The molecule has 0 rings (SSSR count). The summed E-state index contributed by atoms with van der Waals surface area (Å²) in [6, 6.07) is 0. The summed E-state index contributed by atoms with van der Waals surface area (Å²) in [6.45, 7) is 6.74. The SMILES string of the molecule is C=CC(C)CN(C)C(=S)NC. The van der Waals surface area contributed by atoms with E-state index < -0.39 is 0 Å². The van der Waals surface area contributed by atoms with Crippen LogP contribution in [0.4, 0.5) is 0 Å². The molecule has 1 N–H and O–H groups in total. The van der Waals surface area contributed by atoms with E-state index in [-0.39, 0.29) is 0 Å². The molecule has 0 aromatic carbocycles. The lowest BCUT2D eigenvalue weighted by molar-refractivity contribution is 0.446. The Morgan fingerprint density at radius 3 is 2.73 bits per heavy atom. The van der Waals surface area contributed by atoms with Crippen molar-refractivity contribution in [3.05, 3.63) is 12.7 Å². The van der Waals surface area contributed by atoms with Crippen molar-refractivity contribution in [2.24, 2.45) is 5.92 Å². The lowest BCUT2D eigenvalue weighted by Crippen LogP contribution is -2.36. The van der Waals surface area contributed by atoms with Gasteiger partial charge in [-0.1, -0.05) is 13.0 Å². The highest BCUT2D eigenvalue weighted by molar-refractivity contribution is 7.80. The smallest absolute Gasteiger partial charge is 0.168 e. The number of nitrogens with zero attached hydrogens (tertiary/aromatic N) is 1. The van der Waals surface area contributed by atoms with Crippen molar-refractivity contribution < 1.29 is 0 Å². The molecule has 0 heterocycles. The van der Waals surface area contributed by atoms with Crippen molar-refractivity contribution >= 4 is 17.3 Å². The summed E-state index contributed by atoms with van der Waals surface area (Å²) in [5.74, 6) is 0.478. The molecule has 0 saturated heterocycles. The molecule has 0 aliphatic carbocycles. The standard InChI is InChI=1S/C8H16N2S/c1-5-7(2)6-10(4)8(11)9-3/h5,7H,1,6H2,2-4H3,(H,9,11). The van der Waals surface area contributed by atoms with Crippen molar-refractivity contribution in [2.45, 2.75) is 6.92 Å². The molecule has 2 nitrogen and oxygen atoms in total. The lowest BCUT2D eigenvalue weighted by atomic mass is 10.2. The summed E-state index contributed by atoms with van der Waals surface area (Å²) in [5.41, 5.74) is 0. The molecule has 0 bridgehead atoms. The van der Waals surface area contributed by atoms with Crippen LogP contribution in [-0.2, 0) is 0 Å². The fourth-order valence-electron chi connectivity index (χ4n) is 0.780. The van der Waals surface area contributed by atoms with Gasteiger partial charge in [-0.3, -0.25) is 0 Å². The molecule has 11 heavy (non-hydrogen) atoms. The Morgan fingerprint density at radius 1 is 1.82 bits per heavy atom. The summed E-state index contributed by atoms with van der Waals surface area (Å²) in [6.07, 6.45) is 1.93. The Labute approximate surface area is 74.3 Å². The zero-order chi connectivity index (χ0) is 8.85. The maximum absolute atomic E-state index is 5.02. The van der Waals surface area contributed by atoms with Crippen LogP contribution in [0, 0.1) is 5.92 Å². The van der Waals surface area contributed by atoms with Crippen molar-refractivity contribution in [1.82, 2.24) is 10.2 Å². The number of hydrogen-bond acceptors (Lipinski definition) is 1. The highest BCUT2D eigenvalue weighted by Crippen LogP contribution is 1.98. The Hall–Kier alpha value is -0.570.